The molecule has 0 radical (unpaired) electrons. The van der Waals surface area contributed by atoms with E-state index in [4.69, 9.17) is 4.74 Å². The molecule has 3 heteroatoms. The van der Waals surface area contributed by atoms with Gasteiger partial charge in [-0.2, -0.15) is 0 Å². The molecule has 0 amide bonds. The summed E-state index contributed by atoms with van der Waals surface area (Å²) in [6.45, 7) is 7.78. The van der Waals surface area contributed by atoms with Crippen molar-refractivity contribution in [3.63, 3.8) is 0 Å². The lowest BCUT2D eigenvalue weighted by molar-refractivity contribution is -0.151. The lowest BCUT2D eigenvalue weighted by Gasteiger charge is -2.23. The van der Waals surface area contributed by atoms with Gasteiger partial charge in [-0.3, -0.25) is 4.79 Å². The molecule has 92 valence electrons. The molecular weight excluding hydrogens is 280 g/mol. The van der Waals surface area contributed by atoms with Crippen LogP contribution in [0.2, 0.25) is 0 Å². The van der Waals surface area contributed by atoms with Gasteiger partial charge in [0.25, 0.3) is 0 Å². The fourth-order valence-electron chi connectivity index (χ4n) is 1.59. The summed E-state index contributed by atoms with van der Waals surface area (Å²) in [4.78, 5) is 11.9. The van der Waals surface area contributed by atoms with Crippen molar-refractivity contribution in [2.24, 2.45) is 5.41 Å². The van der Waals surface area contributed by atoms with Gasteiger partial charge in [-0.15, -0.1) is 6.58 Å². The number of esters is 1. The predicted octanol–water partition coefficient (Wildman–Crippen LogP) is 3.75. The van der Waals surface area contributed by atoms with Crippen LogP contribution in [-0.4, -0.2) is 12.6 Å². The second kappa shape index (κ2) is 6.01. The lowest BCUT2D eigenvalue weighted by atomic mass is 9.84. The number of carbonyl (C=O) groups excluding carboxylic acids is 1. The van der Waals surface area contributed by atoms with Gasteiger partial charge in [0.1, 0.15) is 0 Å². The Morgan fingerprint density at radius 1 is 1.59 bits per heavy atom. The first-order valence-corrected chi connectivity index (χ1v) is 6.36. The van der Waals surface area contributed by atoms with Gasteiger partial charge in [-0.25, -0.2) is 0 Å². The van der Waals surface area contributed by atoms with Crippen LogP contribution in [0.4, 0.5) is 0 Å². The summed E-state index contributed by atoms with van der Waals surface area (Å²) < 4.78 is 6.08. The Bertz CT molecular complexity index is 414. The Balaban J connectivity index is 2.89. The molecule has 0 aliphatic rings. The molecule has 1 rings (SSSR count). The molecule has 0 fully saturated rings. The van der Waals surface area contributed by atoms with Crippen molar-refractivity contribution in [3.8, 4) is 0 Å². The number of benzene rings is 1. The van der Waals surface area contributed by atoms with Gasteiger partial charge >= 0.3 is 5.97 Å². The summed E-state index contributed by atoms with van der Waals surface area (Å²) in [5.74, 6) is -0.227. The van der Waals surface area contributed by atoms with Gasteiger partial charge in [0, 0.05) is 4.47 Å². The van der Waals surface area contributed by atoms with E-state index in [1.807, 2.05) is 31.2 Å². The molecule has 0 bridgehead atoms. The molecule has 1 unspecified atom stereocenters. The van der Waals surface area contributed by atoms with Crippen LogP contribution in [0.25, 0.3) is 0 Å². The molecule has 0 saturated heterocycles. The third-order valence-electron chi connectivity index (χ3n) is 2.65. The topological polar surface area (TPSA) is 26.3 Å². The molecule has 0 N–H and O–H groups in total. The van der Waals surface area contributed by atoms with Crippen molar-refractivity contribution in [3.05, 3.63) is 47.0 Å². The Morgan fingerprint density at radius 2 is 2.29 bits per heavy atom. The normalized spacial score (nSPS) is 13.8. The molecule has 0 aromatic heterocycles. The van der Waals surface area contributed by atoms with E-state index in [1.165, 1.54) is 0 Å². The summed E-state index contributed by atoms with van der Waals surface area (Å²) >= 11 is 3.42. The Hall–Kier alpha value is -1.09. The average molecular weight is 297 g/mol. The molecule has 0 aliphatic carbocycles. The SMILES string of the molecule is C=CC(C)(Cc1cccc(Br)c1)C(=O)OCC. The van der Waals surface area contributed by atoms with Crippen LogP contribution < -0.4 is 0 Å². The summed E-state index contributed by atoms with van der Waals surface area (Å²) in [6.07, 6.45) is 2.25. The molecular formula is C14H17BrO2. The number of ether oxygens (including phenoxy) is 1. The van der Waals surface area contributed by atoms with Crippen LogP contribution >= 0.6 is 15.9 Å². The van der Waals surface area contributed by atoms with Gasteiger partial charge in [0.15, 0.2) is 0 Å². The zero-order chi connectivity index (χ0) is 12.9. The highest BCUT2D eigenvalue weighted by atomic mass is 79.9. The van der Waals surface area contributed by atoms with Gasteiger partial charge in [-0.05, 0) is 38.0 Å². The van der Waals surface area contributed by atoms with Crippen LogP contribution in [0.15, 0.2) is 41.4 Å². The van der Waals surface area contributed by atoms with Crippen LogP contribution in [0, 0.1) is 5.41 Å². The number of hydrogen-bond acceptors (Lipinski definition) is 2. The molecule has 0 aliphatic heterocycles. The van der Waals surface area contributed by atoms with E-state index >= 15 is 0 Å². The molecule has 0 heterocycles. The number of rotatable bonds is 5. The largest absolute Gasteiger partial charge is 0.465 e. The minimum atomic E-state index is -0.670. The minimum Gasteiger partial charge on any atom is -0.465 e. The number of halogens is 1. The quantitative estimate of drug-likeness (QED) is 0.611. The van der Waals surface area contributed by atoms with Crippen molar-refractivity contribution in [1.29, 1.82) is 0 Å². The molecule has 0 saturated carbocycles. The van der Waals surface area contributed by atoms with Gasteiger partial charge in [0.05, 0.1) is 12.0 Å². The van der Waals surface area contributed by atoms with Crippen molar-refractivity contribution in [2.45, 2.75) is 20.3 Å². The molecule has 2 nitrogen and oxygen atoms in total. The highest BCUT2D eigenvalue weighted by Gasteiger charge is 2.31. The Morgan fingerprint density at radius 3 is 2.82 bits per heavy atom. The molecule has 1 aromatic rings. The Kier molecular flexibility index (Phi) is 4.94. The van der Waals surface area contributed by atoms with E-state index < -0.39 is 5.41 Å². The Labute approximate surface area is 111 Å². The number of carbonyl (C=O) groups is 1. The van der Waals surface area contributed by atoms with Gasteiger partial charge in [-0.1, -0.05) is 34.1 Å². The maximum absolute atomic E-state index is 11.9. The fourth-order valence-corrected chi connectivity index (χ4v) is 2.04. The zero-order valence-electron chi connectivity index (χ0n) is 10.2. The first-order valence-electron chi connectivity index (χ1n) is 5.57. The second-order valence-corrected chi connectivity index (χ2v) is 5.06. The van der Waals surface area contributed by atoms with Crippen molar-refractivity contribution in [1.82, 2.24) is 0 Å². The first kappa shape index (κ1) is 14.0. The standard InChI is InChI=1S/C14H17BrO2/c1-4-14(3,13(16)17-5-2)10-11-7-6-8-12(15)9-11/h4,6-9H,1,5,10H2,2-3H3. The van der Waals surface area contributed by atoms with E-state index in [1.54, 1.807) is 13.0 Å². The van der Waals surface area contributed by atoms with Crippen LogP contribution in [0.5, 0.6) is 0 Å². The monoisotopic (exact) mass is 296 g/mol. The third kappa shape index (κ3) is 3.70. The minimum absolute atomic E-state index is 0.227. The van der Waals surface area contributed by atoms with Gasteiger partial charge < -0.3 is 4.74 Å². The maximum Gasteiger partial charge on any atom is 0.315 e. The average Bonchev–Trinajstić information content (AvgIpc) is 2.29. The van der Waals surface area contributed by atoms with Crippen molar-refractivity contribution in [2.75, 3.05) is 6.61 Å². The third-order valence-corrected chi connectivity index (χ3v) is 3.15. The summed E-state index contributed by atoms with van der Waals surface area (Å²) in [5.41, 5.74) is 0.409. The second-order valence-electron chi connectivity index (χ2n) is 4.15. The fraction of sp³-hybridized carbons (Fsp3) is 0.357. The van der Waals surface area contributed by atoms with E-state index in [0.717, 1.165) is 10.0 Å². The van der Waals surface area contributed by atoms with Crippen molar-refractivity contribution < 1.29 is 9.53 Å². The molecule has 1 atom stereocenters. The first-order chi connectivity index (χ1) is 8.01. The number of hydrogen-bond donors (Lipinski definition) is 0. The maximum atomic E-state index is 11.9. The predicted molar refractivity (Wildman–Crippen MR) is 72.8 cm³/mol. The summed E-state index contributed by atoms with van der Waals surface area (Å²) in [6, 6.07) is 7.90. The van der Waals surface area contributed by atoms with Crippen LogP contribution in [0.3, 0.4) is 0 Å². The van der Waals surface area contributed by atoms with Crippen LogP contribution in [-0.2, 0) is 16.0 Å². The van der Waals surface area contributed by atoms with Gasteiger partial charge in [0.2, 0.25) is 0 Å². The van der Waals surface area contributed by atoms with Crippen molar-refractivity contribution >= 4 is 21.9 Å². The highest BCUT2D eigenvalue weighted by Crippen LogP contribution is 2.27. The van der Waals surface area contributed by atoms with E-state index in [0.29, 0.717) is 13.0 Å². The molecule has 1 aromatic carbocycles. The lowest BCUT2D eigenvalue weighted by Crippen LogP contribution is -2.30. The smallest absolute Gasteiger partial charge is 0.315 e. The zero-order valence-corrected chi connectivity index (χ0v) is 11.8. The highest BCUT2D eigenvalue weighted by molar-refractivity contribution is 9.10. The molecule has 0 spiro atoms. The summed E-state index contributed by atoms with van der Waals surface area (Å²) in [7, 11) is 0. The van der Waals surface area contributed by atoms with E-state index in [2.05, 4.69) is 22.5 Å². The molecule has 17 heavy (non-hydrogen) atoms. The van der Waals surface area contributed by atoms with Crippen LogP contribution in [0.1, 0.15) is 19.4 Å². The summed E-state index contributed by atoms with van der Waals surface area (Å²) in [5, 5.41) is 0. The van der Waals surface area contributed by atoms with E-state index in [-0.39, 0.29) is 5.97 Å². The van der Waals surface area contributed by atoms with E-state index in [9.17, 15) is 4.79 Å².